The van der Waals surface area contributed by atoms with Crippen LogP contribution >= 0.6 is 0 Å². The molecule has 0 heterocycles. The van der Waals surface area contributed by atoms with E-state index >= 15 is 0 Å². The van der Waals surface area contributed by atoms with Crippen molar-refractivity contribution in [1.82, 2.24) is 0 Å². The number of ether oxygens (including phenoxy) is 1. The van der Waals surface area contributed by atoms with Gasteiger partial charge in [-0.2, -0.15) is 0 Å². The summed E-state index contributed by atoms with van der Waals surface area (Å²) in [7, 11) is 0. The van der Waals surface area contributed by atoms with E-state index in [9.17, 15) is 10.1 Å². The molecule has 5 heteroatoms. The second-order valence-electron chi connectivity index (χ2n) is 5.13. The summed E-state index contributed by atoms with van der Waals surface area (Å²) in [6.45, 7) is 4.50. The zero-order valence-electron chi connectivity index (χ0n) is 11.4. The maximum atomic E-state index is 10.9. The first-order valence-electron chi connectivity index (χ1n) is 6.78. The zero-order valence-corrected chi connectivity index (χ0v) is 11.4. The number of nitro benzene ring substituents is 1. The van der Waals surface area contributed by atoms with Crippen molar-refractivity contribution in [2.45, 2.75) is 39.2 Å². The van der Waals surface area contributed by atoms with Crippen molar-refractivity contribution >= 4 is 11.4 Å². The van der Waals surface area contributed by atoms with Crippen LogP contribution in [0.3, 0.4) is 0 Å². The molecular formula is C14H20N2O3. The Morgan fingerprint density at radius 1 is 1.47 bits per heavy atom. The summed E-state index contributed by atoms with van der Waals surface area (Å²) in [5.41, 5.74) is 0.917. The lowest BCUT2D eigenvalue weighted by atomic mass is 10.1. The summed E-state index contributed by atoms with van der Waals surface area (Å²) in [6, 6.07) is 5.45. The number of rotatable bonds is 5. The second kappa shape index (κ2) is 5.91. The Morgan fingerprint density at radius 3 is 2.84 bits per heavy atom. The van der Waals surface area contributed by atoms with E-state index < -0.39 is 4.92 Å². The topological polar surface area (TPSA) is 64.4 Å². The van der Waals surface area contributed by atoms with Gasteiger partial charge >= 0.3 is 5.69 Å². The van der Waals surface area contributed by atoms with Gasteiger partial charge in [0.05, 0.1) is 11.5 Å². The standard InChI is InChI=1S/C14H20N2O3/c1-3-19-14-9-12(6-7-13(14)16(17)18)15-11-5-4-10(2)8-11/h6-7,9-11,15H,3-5,8H2,1-2H3. The minimum absolute atomic E-state index is 0.0205. The molecule has 19 heavy (non-hydrogen) atoms. The smallest absolute Gasteiger partial charge is 0.311 e. The van der Waals surface area contributed by atoms with Crippen LogP contribution < -0.4 is 10.1 Å². The summed E-state index contributed by atoms with van der Waals surface area (Å²) in [6.07, 6.45) is 3.55. The molecule has 0 aromatic heterocycles. The third kappa shape index (κ3) is 3.36. The average Bonchev–Trinajstić information content (AvgIpc) is 2.75. The quantitative estimate of drug-likeness (QED) is 0.652. The number of anilines is 1. The van der Waals surface area contributed by atoms with Crippen LogP contribution in [0.2, 0.25) is 0 Å². The molecule has 0 radical (unpaired) electrons. The number of nitrogens with zero attached hydrogens (tertiary/aromatic N) is 1. The van der Waals surface area contributed by atoms with Gasteiger partial charge in [0.1, 0.15) is 0 Å². The van der Waals surface area contributed by atoms with E-state index in [0.29, 0.717) is 18.4 Å². The number of hydrogen-bond donors (Lipinski definition) is 1. The van der Waals surface area contributed by atoms with Crippen molar-refractivity contribution in [2.24, 2.45) is 5.92 Å². The van der Waals surface area contributed by atoms with Gasteiger partial charge in [0, 0.05) is 23.9 Å². The van der Waals surface area contributed by atoms with Gasteiger partial charge in [-0.15, -0.1) is 0 Å². The minimum atomic E-state index is -0.410. The normalized spacial score (nSPS) is 22.2. The van der Waals surface area contributed by atoms with Gasteiger partial charge in [0.25, 0.3) is 0 Å². The van der Waals surface area contributed by atoms with Gasteiger partial charge in [0.15, 0.2) is 5.75 Å². The number of benzene rings is 1. The molecule has 1 aromatic rings. The molecule has 2 rings (SSSR count). The number of nitrogens with one attached hydrogen (secondary N) is 1. The molecule has 2 atom stereocenters. The predicted octanol–water partition coefficient (Wildman–Crippen LogP) is 3.59. The highest BCUT2D eigenvalue weighted by Crippen LogP contribution is 2.32. The molecule has 104 valence electrons. The van der Waals surface area contributed by atoms with Crippen LogP contribution in [-0.2, 0) is 0 Å². The lowest BCUT2D eigenvalue weighted by molar-refractivity contribution is -0.385. The van der Waals surface area contributed by atoms with E-state index in [0.717, 1.165) is 24.4 Å². The molecule has 0 spiro atoms. The lowest BCUT2D eigenvalue weighted by Gasteiger charge is -2.15. The molecule has 1 aliphatic rings. The van der Waals surface area contributed by atoms with Crippen LogP contribution in [0, 0.1) is 16.0 Å². The zero-order chi connectivity index (χ0) is 13.8. The van der Waals surface area contributed by atoms with Gasteiger partial charge in [-0.1, -0.05) is 6.92 Å². The average molecular weight is 264 g/mol. The van der Waals surface area contributed by atoms with Crippen molar-refractivity contribution in [1.29, 1.82) is 0 Å². The molecule has 0 aliphatic heterocycles. The predicted molar refractivity (Wildman–Crippen MR) is 74.7 cm³/mol. The van der Waals surface area contributed by atoms with Gasteiger partial charge in [-0.3, -0.25) is 10.1 Å². The van der Waals surface area contributed by atoms with Gasteiger partial charge in [-0.05, 0) is 38.2 Å². The second-order valence-corrected chi connectivity index (χ2v) is 5.13. The molecule has 1 aliphatic carbocycles. The lowest BCUT2D eigenvalue weighted by Crippen LogP contribution is -2.15. The van der Waals surface area contributed by atoms with Crippen LogP contribution in [0.25, 0.3) is 0 Å². The van der Waals surface area contributed by atoms with Crippen LogP contribution in [0.5, 0.6) is 5.75 Å². The number of nitro groups is 1. The first-order valence-corrected chi connectivity index (χ1v) is 6.78. The van der Waals surface area contributed by atoms with Crippen molar-refractivity contribution in [3.05, 3.63) is 28.3 Å². The molecule has 5 nitrogen and oxygen atoms in total. The Balaban J connectivity index is 2.13. The first-order chi connectivity index (χ1) is 9.10. The third-order valence-corrected chi connectivity index (χ3v) is 3.52. The summed E-state index contributed by atoms with van der Waals surface area (Å²) in [4.78, 5) is 10.5. The largest absolute Gasteiger partial charge is 0.487 e. The highest BCUT2D eigenvalue weighted by atomic mass is 16.6. The summed E-state index contributed by atoms with van der Waals surface area (Å²) < 4.78 is 5.34. The van der Waals surface area contributed by atoms with Crippen molar-refractivity contribution in [3.8, 4) is 5.75 Å². The fourth-order valence-electron chi connectivity index (χ4n) is 2.60. The molecule has 0 amide bonds. The van der Waals surface area contributed by atoms with Gasteiger partial charge in [0.2, 0.25) is 0 Å². The molecule has 2 unspecified atom stereocenters. The van der Waals surface area contributed by atoms with Crippen molar-refractivity contribution in [2.75, 3.05) is 11.9 Å². The molecule has 1 fully saturated rings. The maximum absolute atomic E-state index is 10.9. The molecule has 1 aromatic carbocycles. The SMILES string of the molecule is CCOc1cc(NC2CCC(C)C2)ccc1[N+](=O)[O-]. The maximum Gasteiger partial charge on any atom is 0.311 e. The fourth-order valence-corrected chi connectivity index (χ4v) is 2.60. The van der Waals surface area contributed by atoms with E-state index in [1.807, 2.05) is 6.92 Å². The van der Waals surface area contributed by atoms with E-state index in [2.05, 4.69) is 12.2 Å². The van der Waals surface area contributed by atoms with Crippen LogP contribution in [0.4, 0.5) is 11.4 Å². The monoisotopic (exact) mass is 264 g/mol. The van der Waals surface area contributed by atoms with Crippen molar-refractivity contribution < 1.29 is 9.66 Å². The van der Waals surface area contributed by atoms with E-state index in [4.69, 9.17) is 4.74 Å². The molecule has 1 saturated carbocycles. The van der Waals surface area contributed by atoms with E-state index in [1.165, 1.54) is 12.5 Å². The van der Waals surface area contributed by atoms with Crippen LogP contribution in [-0.4, -0.2) is 17.6 Å². The summed E-state index contributed by atoms with van der Waals surface area (Å²) in [5.74, 6) is 1.09. The Bertz CT molecular complexity index is 462. The molecule has 0 saturated heterocycles. The first kappa shape index (κ1) is 13.6. The third-order valence-electron chi connectivity index (χ3n) is 3.52. The van der Waals surface area contributed by atoms with E-state index in [1.54, 1.807) is 12.1 Å². The summed E-state index contributed by atoms with van der Waals surface area (Å²) >= 11 is 0. The van der Waals surface area contributed by atoms with E-state index in [-0.39, 0.29) is 5.69 Å². The van der Waals surface area contributed by atoms with Crippen LogP contribution in [0.1, 0.15) is 33.1 Å². The van der Waals surface area contributed by atoms with Crippen LogP contribution in [0.15, 0.2) is 18.2 Å². The Hall–Kier alpha value is -1.78. The fraction of sp³-hybridized carbons (Fsp3) is 0.571. The highest BCUT2D eigenvalue weighted by molar-refractivity contribution is 5.58. The molecule has 0 bridgehead atoms. The highest BCUT2D eigenvalue weighted by Gasteiger charge is 2.22. The van der Waals surface area contributed by atoms with Gasteiger partial charge in [-0.25, -0.2) is 0 Å². The minimum Gasteiger partial charge on any atom is -0.487 e. The van der Waals surface area contributed by atoms with Crippen molar-refractivity contribution in [3.63, 3.8) is 0 Å². The van der Waals surface area contributed by atoms with Gasteiger partial charge < -0.3 is 10.1 Å². The Morgan fingerprint density at radius 2 is 2.26 bits per heavy atom. The molecular weight excluding hydrogens is 244 g/mol. The summed E-state index contributed by atoms with van der Waals surface area (Å²) in [5, 5.41) is 14.3. The Labute approximate surface area is 113 Å². The molecule has 1 N–H and O–H groups in total. The Kier molecular flexibility index (Phi) is 4.24. The number of hydrogen-bond acceptors (Lipinski definition) is 4.